The first-order valence-corrected chi connectivity index (χ1v) is 10.5. The first-order valence-electron chi connectivity index (χ1n) is 10.5. The van der Waals surface area contributed by atoms with E-state index in [4.69, 9.17) is 4.74 Å². The highest BCUT2D eigenvalue weighted by Gasteiger charge is 2.50. The summed E-state index contributed by atoms with van der Waals surface area (Å²) in [6.45, 7) is 4.71. The zero-order valence-corrected chi connectivity index (χ0v) is 16.9. The Kier molecular flexibility index (Phi) is 5.85. The number of hydrogen-bond acceptors (Lipinski definition) is 4. The van der Waals surface area contributed by atoms with Crippen molar-refractivity contribution in [2.75, 3.05) is 39.4 Å². The molecule has 3 saturated heterocycles. The van der Waals surface area contributed by atoms with Gasteiger partial charge < -0.3 is 19.9 Å². The fraction of sp³-hybridized carbons (Fsp3) is 0.591. The fourth-order valence-corrected chi connectivity index (χ4v) is 5.04. The van der Waals surface area contributed by atoms with Crippen LogP contribution in [0.25, 0.3) is 0 Å². The predicted octanol–water partition coefficient (Wildman–Crippen LogP) is 1.21. The van der Waals surface area contributed by atoms with E-state index in [1.165, 1.54) is 6.92 Å². The molecule has 156 valence electrons. The molecule has 3 aliphatic rings. The third-order valence-corrected chi connectivity index (χ3v) is 6.50. The Morgan fingerprint density at radius 2 is 1.79 bits per heavy atom. The summed E-state index contributed by atoms with van der Waals surface area (Å²) in [5.74, 6) is 0.503. The van der Waals surface area contributed by atoms with E-state index in [1.807, 2.05) is 23.1 Å². The summed E-state index contributed by atoms with van der Waals surface area (Å²) in [5.41, 5.74) is 1.14. The van der Waals surface area contributed by atoms with Crippen molar-refractivity contribution in [3.05, 3.63) is 35.9 Å². The van der Waals surface area contributed by atoms with Crippen molar-refractivity contribution >= 4 is 17.7 Å². The van der Waals surface area contributed by atoms with Crippen LogP contribution in [0.2, 0.25) is 0 Å². The summed E-state index contributed by atoms with van der Waals surface area (Å²) in [5, 5.41) is 2.59. The minimum Gasteiger partial charge on any atom is -0.381 e. The first kappa shape index (κ1) is 19.9. The molecular weight excluding hydrogens is 370 g/mol. The normalized spacial score (nSPS) is 27.0. The van der Waals surface area contributed by atoms with Crippen LogP contribution in [0.5, 0.6) is 0 Å². The predicted molar refractivity (Wildman–Crippen MR) is 107 cm³/mol. The lowest BCUT2D eigenvalue weighted by molar-refractivity contribution is -0.140. The van der Waals surface area contributed by atoms with E-state index in [-0.39, 0.29) is 48.1 Å². The molecule has 0 aromatic heterocycles. The van der Waals surface area contributed by atoms with E-state index in [2.05, 4.69) is 22.3 Å². The maximum atomic E-state index is 13.4. The Morgan fingerprint density at radius 3 is 2.48 bits per heavy atom. The number of carbonyl (C=O) groups excluding carboxylic acids is 3. The molecule has 3 atom stereocenters. The molecule has 3 fully saturated rings. The molecule has 1 aromatic rings. The van der Waals surface area contributed by atoms with Gasteiger partial charge in [-0.15, -0.1) is 0 Å². The molecule has 1 N–H and O–H groups in total. The maximum Gasteiger partial charge on any atom is 0.241 e. The molecule has 7 nitrogen and oxygen atoms in total. The average molecular weight is 399 g/mol. The van der Waals surface area contributed by atoms with Gasteiger partial charge in [0.05, 0.1) is 12.6 Å². The number of nitrogens with zero attached hydrogens (tertiary/aromatic N) is 2. The van der Waals surface area contributed by atoms with E-state index >= 15 is 0 Å². The highest BCUT2D eigenvalue weighted by atomic mass is 16.5. The van der Waals surface area contributed by atoms with Crippen LogP contribution >= 0.6 is 0 Å². The van der Waals surface area contributed by atoms with Crippen molar-refractivity contribution < 1.29 is 19.1 Å². The number of amides is 3. The molecule has 0 radical (unpaired) electrons. The highest BCUT2D eigenvalue weighted by molar-refractivity contribution is 5.84. The second-order valence-corrected chi connectivity index (χ2v) is 8.37. The Morgan fingerprint density at radius 1 is 1.07 bits per heavy atom. The van der Waals surface area contributed by atoms with E-state index in [0.717, 1.165) is 18.4 Å². The van der Waals surface area contributed by atoms with E-state index in [0.29, 0.717) is 32.8 Å². The van der Waals surface area contributed by atoms with Gasteiger partial charge in [-0.25, -0.2) is 0 Å². The Balaban J connectivity index is 1.52. The Labute approximate surface area is 171 Å². The van der Waals surface area contributed by atoms with Gasteiger partial charge in [-0.2, -0.15) is 0 Å². The number of hydrogen-bond donors (Lipinski definition) is 1. The van der Waals surface area contributed by atoms with Crippen molar-refractivity contribution in [2.45, 2.75) is 25.8 Å². The number of carbonyl (C=O) groups is 3. The highest BCUT2D eigenvalue weighted by Crippen LogP contribution is 2.45. The smallest absolute Gasteiger partial charge is 0.241 e. The zero-order valence-electron chi connectivity index (χ0n) is 16.9. The van der Waals surface area contributed by atoms with Gasteiger partial charge >= 0.3 is 0 Å². The monoisotopic (exact) mass is 399 g/mol. The van der Waals surface area contributed by atoms with Crippen LogP contribution in [0, 0.1) is 17.8 Å². The van der Waals surface area contributed by atoms with E-state index in [9.17, 15) is 14.4 Å². The van der Waals surface area contributed by atoms with Gasteiger partial charge in [0.2, 0.25) is 17.7 Å². The van der Waals surface area contributed by atoms with Crippen LogP contribution in [0.15, 0.2) is 30.3 Å². The second kappa shape index (κ2) is 8.53. The SMILES string of the molecule is CC(=O)NCC(=O)N1C[C@H]2CN(C(=O)C3CCOCC3)[C@H](c3ccccc3)[C@H]2C1. The van der Waals surface area contributed by atoms with Crippen molar-refractivity contribution in [1.29, 1.82) is 0 Å². The molecule has 4 rings (SSSR count). The van der Waals surface area contributed by atoms with Crippen LogP contribution in [-0.2, 0) is 19.1 Å². The summed E-state index contributed by atoms with van der Waals surface area (Å²) >= 11 is 0. The first-order chi connectivity index (χ1) is 14.0. The topological polar surface area (TPSA) is 79.0 Å². The zero-order chi connectivity index (χ0) is 20.4. The summed E-state index contributed by atoms with van der Waals surface area (Å²) in [6.07, 6.45) is 1.57. The van der Waals surface area contributed by atoms with Crippen LogP contribution < -0.4 is 5.32 Å². The van der Waals surface area contributed by atoms with Crippen LogP contribution in [0.1, 0.15) is 31.4 Å². The molecule has 0 bridgehead atoms. The Hall–Kier alpha value is -2.41. The Bertz CT molecular complexity index is 763. The molecule has 3 heterocycles. The lowest BCUT2D eigenvalue weighted by Crippen LogP contribution is -2.43. The molecule has 0 spiro atoms. The number of nitrogens with one attached hydrogen (secondary N) is 1. The largest absolute Gasteiger partial charge is 0.381 e. The third-order valence-electron chi connectivity index (χ3n) is 6.50. The number of likely N-dealkylation sites (tertiary alicyclic amines) is 2. The quantitative estimate of drug-likeness (QED) is 0.825. The molecular formula is C22H29N3O4. The van der Waals surface area contributed by atoms with E-state index in [1.54, 1.807) is 0 Å². The van der Waals surface area contributed by atoms with Gasteiger partial charge in [0.25, 0.3) is 0 Å². The lowest BCUT2D eigenvalue weighted by Gasteiger charge is -2.33. The van der Waals surface area contributed by atoms with Gasteiger partial charge in [0.15, 0.2) is 0 Å². The van der Waals surface area contributed by atoms with Crippen LogP contribution in [-0.4, -0.2) is 66.9 Å². The number of fused-ring (bicyclic) bond motifs is 1. The van der Waals surface area contributed by atoms with Crippen molar-refractivity contribution in [1.82, 2.24) is 15.1 Å². The molecule has 29 heavy (non-hydrogen) atoms. The standard InChI is InChI=1S/C22H29N3O4/c1-15(26)23-11-20(27)24-12-18-13-25(22(28)17-7-9-29-10-8-17)21(19(18)14-24)16-5-3-2-4-6-16/h2-6,17-19,21H,7-14H2,1H3,(H,23,26)/t18-,19-,21+/m0/s1. The summed E-state index contributed by atoms with van der Waals surface area (Å²) in [4.78, 5) is 40.9. The second-order valence-electron chi connectivity index (χ2n) is 8.37. The number of ether oxygens (including phenoxy) is 1. The third kappa shape index (κ3) is 4.15. The van der Waals surface area contributed by atoms with Gasteiger partial charge in [-0.3, -0.25) is 14.4 Å². The fourth-order valence-electron chi connectivity index (χ4n) is 5.04. The molecule has 3 amide bonds. The van der Waals surface area contributed by atoms with Crippen molar-refractivity contribution in [3.8, 4) is 0 Å². The number of benzene rings is 1. The number of rotatable bonds is 4. The van der Waals surface area contributed by atoms with Crippen LogP contribution in [0.4, 0.5) is 0 Å². The molecule has 0 unspecified atom stereocenters. The molecule has 7 heteroatoms. The lowest BCUT2D eigenvalue weighted by atomic mass is 9.89. The van der Waals surface area contributed by atoms with Gasteiger partial charge in [0, 0.05) is 57.5 Å². The molecule has 3 aliphatic heterocycles. The van der Waals surface area contributed by atoms with Gasteiger partial charge in [0.1, 0.15) is 0 Å². The van der Waals surface area contributed by atoms with Crippen LogP contribution in [0.3, 0.4) is 0 Å². The molecule has 0 saturated carbocycles. The summed E-state index contributed by atoms with van der Waals surface area (Å²) < 4.78 is 5.43. The van der Waals surface area contributed by atoms with Gasteiger partial charge in [-0.1, -0.05) is 30.3 Å². The summed E-state index contributed by atoms with van der Waals surface area (Å²) in [7, 11) is 0. The van der Waals surface area contributed by atoms with Crippen molar-refractivity contribution in [2.24, 2.45) is 17.8 Å². The summed E-state index contributed by atoms with van der Waals surface area (Å²) in [6, 6.07) is 10.2. The van der Waals surface area contributed by atoms with Crippen molar-refractivity contribution in [3.63, 3.8) is 0 Å². The average Bonchev–Trinajstić information content (AvgIpc) is 3.30. The molecule has 1 aromatic carbocycles. The maximum absolute atomic E-state index is 13.4. The minimum absolute atomic E-state index is 0.00453. The van der Waals surface area contributed by atoms with E-state index < -0.39 is 0 Å². The molecule has 0 aliphatic carbocycles. The van der Waals surface area contributed by atoms with Gasteiger partial charge in [-0.05, 0) is 18.4 Å². The minimum atomic E-state index is -0.201.